The molecule has 10 heteroatoms. The lowest BCUT2D eigenvalue weighted by Crippen LogP contribution is -2.34. The predicted molar refractivity (Wildman–Crippen MR) is 139 cm³/mol. The molecule has 194 valence electrons. The molecule has 37 heavy (non-hydrogen) atoms. The van der Waals surface area contributed by atoms with Crippen LogP contribution in [0.3, 0.4) is 0 Å². The number of carbonyl (C=O) groups excluding carboxylic acids is 1. The molecular weight excluding hydrogens is 494 g/mol. The number of pyridine rings is 1. The molecule has 0 radical (unpaired) electrons. The van der Waals surface area contributed by atoms with E-state index in [1.807, 2.05) is 17.6 Å². The Morgan fingerprint density at radius 2 is 2.19 bits per heavy atom. The first kappa shape index (κ1) is 25.2. The summed E-state index contributed by atoms with van der Waals surface area (Å²) in [7, 11) is 0. The minimum Gasteiger partial charge on any atom is -0.858 e. The van der Waals surface area contributed by atoms with E-state index in [4.69, 9.17) is 26.1 Å². The van der Waals surface area contributed by atoms with E-state index in [-0.39, 0.29) is 24.0 Å². The van der Waals surface area contributed by atoms with Gasteiger partial charge in [0, 0.05) is 31.4 Å². The van der Waals surface area contributed by atoms with Gasteiger partial charge in [0.05, 0.1) is 30.3 Å². The molecule has 3 aromatic rings. The fraction of sp³-hybridized carbons (Fsp3) is 0.407. The molecule has 2 aromatic heterocycles. The Balaban J connectivity index is 1.63. The van der Waals surface area contributed by atoms with E-state index < -0.39 is 5.90 Å². The number of aliphatic imine (C=N–C) groups is 1. The largest absolute Gasteiger partial charge is 0.858 e. The van der Waals surface area contributed by atoms with Gasteiger partial charge in [-0.15, -0.1) is 0 Å². The smallest absolute Gasteiger partial charge is 0.246 e. The summed E-state index contributed by atoms with van der Waals surface area (Å²) in [6.07, 6.45) is 6.16. The third kappa shape index (κ3) is 5.33. The number of halogens is 1. The zero-order valence-electron chi connectivity index (χ0n) is 20.7. The first-order valence-electron chi connectivity index (χ1n) is 12.5. The summed E-state index contributed by atoms with van der Waals surface area (Å²) in [4.78, 5) is 27.6. The highest BCUT2D eigenvalue weighted by molar-refractivity contribution is 6.36. The molecule has 1 amide bonds. The van der Waals surface area contributed by atoms with E-state index in [2.05, 4.69) is 16.6 Å². The molecule has 0 spiro atoms. The molecule has 2 atom stereocenters. The van der Waals surface area contributed by atoms with Crippen molar-refractivity contribution in [3.05, 3.63) is 59.4 Å². The minimum atomic E-state index is -0.426. The number of rotatable bonds is 6. The van der Waals surface area contributed by atoms with E-state index in [1.54, 1.807) is 29.3 Å². The van der Waals surface area contributed by atoms with Gasteiger partial charge in [0.25, 0.3) is 0 Å². The Kier molecular flexibility index (Phi) is 7.43. The van der Waals surface area contributed by atoms with Crippen molar-refractivity contribution in [2.75, 3.05) is 26.3 Å². The molecule has 2 aliphatic rings. The van der Waals surface area contributed by atoms with Crippen LogP contribution in [-0.4, -0.2) is 63.6 Å². The zero-order valence-corrected chi connectivity index (χ0v) is 21.5. The summed E-state index contributed by atoms with van der Waals surface area (Å²) in [6, 6.07) is 6.75. The van der Waals surface area contributed by atoms with Crippen LogP contribution in [0.2, 0.25) is 5.02 Å². The maximum Gasteiger partial charge on any atom is 0.246 e. The molecule has 1 unspecified atom stereocenters. The number of benzene rings is 1. The number of hydrogen-bond acceptors (Lipinski definition) is 7. The van der Waals surface area contributed by atoms with Gasteiger partial charge in [-0.05, 0) is 68.0 Å². The maximum absolute atomic E-state index is 13.1. The molecule has 2 fully saturated rings. The summed E-state index contributed by atoms with van der Waals surface area (Å²) < 4.78 is 13.5. The van der Waals surface area contributed by atoms with Crippen molar-refractivity contribution >= 4 is 40.4 Å². The topological polar surface area (TPSA) is 105 Å². The Morgan fingerprint density at radius 1 is 1.32 bits per heavy atom. The molecule has 1 aromatic carbocycles. The summed E-state index contributed by atoms with van der Waals surface area (Å²) in [5, 5.41) is 13.5. The van der Waals surface area contributed by atoms with Gasteiger partial charge in [-0.2, -0.15) is 0 Å². The molecular formula is C27H29ClN5O4-. The van der Waals surface area contributed by atoms with Crippen molar-refractivity contribution in [2.45, 2.75) is 44.8 Å². The van der Waals surface area contributed by atoms with E-state index in [9.17, 15) is 9.90 Å². The number of carbonyl (C=O) groups is 1. The van der Waals surface area contributed by atoms with Crippen molar-refractivity contribution in [3.8, 4) is 5.75 Å². The number of ether oxygens (including phenoxy) is 2. The number of nitrogens with zero attached hydrogens (tertiary/aromatic N) is 5. The van der Waals surface area contributed by atoms with Crippen molar-refractivity contribution in [2.24, 2.45) is 4.99 Å². The Bertz CT molecular complexity index is 1350. The van der Waals surface area contributed by atoms with Gasteiger partial charge in [-0.25, -0.2) is 9.98 Å². The molecule has 4 heterocycles. The number of likely N-dealkylation sites (tertiary alicyclic amines) is 1. The minimum absolute atomic E-state index is 0.0782. The highest BCUT2D eigenvalue weighted by atomic mass is 35.5. The van der Waals surface area contributed by atoms with Crippen LogP contribution in [0.5, 0.6) is 5.75 Å². The van der Waals surface area contributed by atoms with Crippen LogP contribution >= 0.6 is 11.6 Å². The average Bonchev–Trinajstić information content (AvgIpc) is 3.46. The van der Waals surface area contributed by atoms with Gasteiger partial charge in [0.2, 0.25) is 11.9 Å². The highest BCUT2D eigenvalue weighted by Gasteiger charge is 2.28. The van der Waals surface area contributed by atoms with Crippen molar-refractivity contribution in [1.29, 1.82) is 0 Å². The zero-order chi connectivity index (χ0) is 25.9. The number of hydrogen-bond donors (Lipinski definition) is 0. The third-order valence-electron chi connectivity index (χ3n) is 6.76. The van der Waals surface area contributed by atoms with E-state index in [0.29, 0.717) is 53.7 Å². The van der Waals surface area contributed by atoms with Gasteiger partial charge >= 0.3 is 0 Å². The molecule has 0 aliphatic carbocycles. The maximum atomic E-state index is 13.1. The number of amides is 1. The summed E-state index contributed by atoms with van der Waals surface area (Å²) in [6.45, 7) is 7.70. The first-order valence-corrected chi connectivity index (χ1v) is 12.9. The lowest BCUT2D eigenvalue weighted by atomic mass is 10.1. The summed E-state index contributed by atoms with van der Waals surface area (Å²) in [5.74, 6) is 0.219. The predicted octanol–water partition coefficient (Wildman–Crippen LogP) is 3.74. The van der Waals surface area contributed by atoms with Crippen molar-refractivity contribution in [1.82, 2.24) is 19.4 Å². The number of fused-ring (bicyclic) bond motifs is 1. The fourth-order valence-corrected chi connectivity index (χ4v) is 5.21. The molecule has 9 nitrogen and oxygen atoms in total. The van der Waals surface area contributed by atoms with Crippen LogP contribution < -0.4 is 9.84 Å². The molecule has 2 saturated heterocycles. The highest BCUT2D eigenvalue weighted by Crippen LogP contribution is 2.40. The molecule has 0 N–H and O–H groups in total. The van der Waals surface area contributed by atoms with Crippen LogP contribution in [0.25, 0.3) is 11.0 Å². The fourth-order valence-electron chi connectivity index (χ4n) is 4.91. The van der Waals surface area contributed by atoms with Crippen LogP contribution in [0.15, 0.2) is 48.1 Å². The van der Waals surface area contributed by atoms with Crippen molar-refractivity contribution in [3.63, 3.8) is 0 Å². The second kappa shape index (κ2) is 10.9. The lowest BCUT2D eigenvalue weighted by molar-refractivity contribution is -0.212. The van der Waals surface area contributed by atoms with Crippen LogP contribution in [0.1, 0.15) is 43.0 Å². The first-order chi connectivity index (χ1) is 17.9. The summed E-state index contributed by atoms with van der Waals surface area (Å²) in [5.41, 5.74) is 2.38. The Morgan fingerprint density at radius 3 is 2.95 bits per heavy atom. The normalized spacial score (nSPS) is 20.7. The van der Waals surface area contributed by atoms with Crippen LogP contribution in [0, 0.1) is 6.92 Å². The van der Waals surface area contributed by atoms with Gasteiger partial charge in [0.15, 0.2) is 0 Å². The number of aromatic nitrogens is 3. The van der Waals surface area contributed by atoms with E-state index in [1.165, 1.54) is 6.08 Å². The third-order valence-corrected chi connectivity index (χ3v) is 7.13. The van der Waals surface area contributed by atoms with E-state index >= 15 is 0 Å². The molecule has 0 saturated carbocycles. The van der Waals surface area contributed by atoms with Gasteiger partial charge in [-0.1, -0.05) is 18.2 Å². The Hall–Kier alpha value is -3.43. The quantitative estimate of drug-likeness (QED) is 0.277. The molecule has 0 bridgehead atoms. The number of imidazole rings is 1. The molecule has 5 rings (SSSR count). The monoisotopic (exact) mass is 522 g/mol. The standard InChI is InChI=1S/C27H30ClN5O4/c1-3-23(34)32-12-5-4-6-19(15-32)33-25-21(7-8-22(24(25)28)37-20-10-13-36-16-20)30-27(33)31-26(35)18-9-11-29-17(2)14-18/h3,7-9,11,14,19-20H,1,4-6,10,12-13,15-16H2,2H3,(H,30,31,35)/p-1/t19-,20?/m1/s1. The SMILES string of the molecule is C=CC(=O)N1CCCC[C@@H](n2c(N=C([O-])c3ccnc(C)c3)nc3ccc(OC4CCOC4)c(Cl)c32)C1. The lowest BCUT2D eigenvalue weighted by Gasteiger charge is -2.26. The Labute approximate surface area is 220 Å². The molecule has 2 aliphatic heterocycles. The second-order valence-corrected chi connectivity index (χ2v) is 9.75. The van der Waals surface area contributed by atoms with Crippen LogP contribution in [0.4, 0.5) is 5.95 Å². The van der Waals surface area contributed by atoms with Gasteiger partial charge < -0.3 is 24.0 Å². The van der Waals surface area contributed by atoms with Crippen LogP contribution in [-0.2, 0) is 9.53 Å². The van der Waals surface area contributed by atoms with Gasteiger partial charge in [-0.3, -0.25) is 9.78 Å². The van der Waals surface area contributed by atoms with Crippen molar-refractivity contribution < 1.29 is 19.4 Å². The number of aryl methyl sites for hydroxylation is 1. The van der Waals surface area contributed by atoms with E-state index in [0.717, 1.165) is 31.4 Å². The average molecular weight is 523 g/mol. The summed E-state index contributed by atoms with van der Waals surface area (Å²) >= 11 is 6.94. The van der Waals surface area contributed by atoms with Gasteiger partial charge in [0.1, 0.15) is 16.9 Å². The second-order valence-electron chi connectivity index (χ2n) is 9.37.